The molecular weight excluding hydrogens is 372 g/mol. The van der Waals surface area contributed by atoms with Crippen LogP contribution in [0.15, 0.2) is 41.1 Å². The molecule has 2 aliphatic rings. The number of carbonyl (C=O) groups excluding carboxylic acids is 2. The maximum absolute atomic E-state index is 13.0. The number of aryl methyl sites for hydroxylation is 1. The van der Waals surface area contributed by atoms with Crippen molar-refractivity contribution in [3.63, 3.8) is 0 Å². The molecule has 2 aromatic rings. The Morgan fingerprint density at radius 3 is 2.32 bits per heavy atom. The zero-order chi connectivity index (χ0) is 19.7. The highest BCUT2D eigenvalue weighted by atomic mass is 32.1. The van der Waals surface area contributed by atoms with Crippen LogP contribution >= 0.6 is 11.3 Å². The van der Waals surface area contributed by atoms with E-state index in [0.29, 0.717) is 6.67 Å². The molecule has 1 aromatic heterocycles. The third kappa shape index (κ3) is 3.83. The Labute approximate surface area is 169 Å². The van der Waals surface area contributed by atoms with Crippen molar-refractivity contribution in [3.05, 3.63) is 52.2 Å². The monoisotopic (exact) mass is 398 g/mol. The first-order valence-electron chi connectivity index (χ1n) is 9.70. The van der Waals surface area contributed by atoms with Crippen LogP contribution in [0.25, 0.3) is 0 Å². The number of amides is 3. The number of piperazine rings is 1. The van der Waals surface area contributed by atoms with Crippen LogP contribution in [0.2, 0.25) is 0 Å². The fourth-order valence-electron chi connectivity index (χ4n) is 3.83. The van der Waals surface area contributed by atoms with Gasteiger partial charge in [-0.1, -0.05) is 17.7 Å². The lowest BCUT2D eigenvalue weighted by Gasteiger charge is -2.35. The second kappa shape index (κ2) is 8.03. The molecule has 1 unspecified atom stereocenters. The number of hydrogen-bond acceptors (Lipinski definition) is 5. The molecule has 0 saturated carbocycles. The van der Waals surface area contributed by atoms with E-state index in [1.165, 1.54) is 10.5 Å². The first-order chi connectivity index (χ1) is 13.5. The van der Waals surface area contributed by atoms with Crippen LogP contribution < -0.4 is 4.90 Å². The predicted octanol–water partition coefficient (Wildman–Crippen LogP) is 2.99. The van der Waals surface area contributed by atoms with Crippen molar-refractivity contribution in [2.45, 2.75) is 26.4 Å². The topological polar surface area (TPSA) is 47.1 Å². The number of thiophene rings is 1. The van der Waals surface area contributed by atoms with Gasteiger partial charge in [0.05, 0.1) is 6.67 Å². The van der Waals surface area contributed by atoms with E-state index in [0.717, 1.165) is 44.0 Å². The maximum Gasteiger partial charge on any atom is 0.333 e. The Bertz CT molecular complexity index is 829. The summed E-state index contributed by atoms with van der Waals surface area (Å²) in [5.74, 6) is -0.119. The van der Waals surface area contributed by atoms with Gasteiger partial charge in [0.25, 0.3) is 5.91 Å². The summed E-state index contributed by atoms with van der Waals surface area (Å²) < 4.78 is 0. The molecule has 0 bridgehead atoms. The van der Waals surface area contributed by atoms with E-state index in [2.05, 4.69) is 26.6 Å². The molecule has 7 heteroatoms. The Morgan fingerprint density at radius 1 is 1.00 bits per heavy atom. The van der Waals surface area contributed by atoms with Gasteiger partial charge >= 0.3 is 6.03 Å². The van der Waals surface area contributed by atoms with Crippen LogP contribution in [0.4, 0.5) is 10.5 Å². The van der Waals surface area contributed by atoms with E-state index < -0.39 is 6.04 Å². The van der Waals surface area contributed by atoms with Crippen LogP contribution in [0, 0.1) is 6.92 Å². The van der Waals surface area contributed by atoms with Crippen molar-refractivity contribution >= 4 is 29.0 Å². The summed E-state index contributed by atoms with van der Waals surface area (Å²) in [6.45, 7) is 8.77. The van der Waals surface area contributed by atoms with Crippen molar-refractivity contribution in [1.82, 2.24) is 14.7 Å². The molecule has 2 fully saturated rings. The summed E-state index contributed by atoms with van der Waals surface area (Å²) >= 11 is 1.73. The second-order valence-electron chi connectivity index (χ2n) is 7.60. The lowest BCUT2D eigenvalue weighted by atomic mass is 10.2. The maximum atomic E-state index is 13.0. The van der Waals surface area contributed by atoms with Gasteiger partial charge in [-0.25, -0.2) is 9.69 Å². The van der Waals surface area contributed by atoms with Gasteiger partial charge in [-0.05, 0) is 48.4 Å². The smallest absolute Gasteiger partial charge is 0.297 e. The number of benzene rings is 1. The van der Waals surface area contributed by atoms with E-state index in [9.17, 15) is 9.59 Å². The zero-order valence-corrected chi connectivity index (χ0v) is 17.2. The number of imide groups is 1. The molecule has 1 aromatic carbocycles. The quantitative estimate of drug-likeness (QED) is 0.727. The van der Waals surface area contributed by atoms with Crippen LogP contribution in [0.5, 0.6) is 0 Å². The molecule has 2 aliphatic heterocycles. The molecule has 1 atom stereocenters. The van der Waals surface area contributed by atoms with Gasteiger partial charge < -0.3 is 0 Å². The summed E-state index contributed by atoms with van der Waals surface area (Å²) in [4.78, 5) is 33.3. The van der Waals surface area contributed by atoms with Gasteiger partial charge in [0.15, 0.2) is 0 Å². The lowest BCUT2D eigenvalue weighted by Crippen LogP contribution is -2.51. The molecule has 6 nitrogen and oxygen atoms in total. The number of urea groups is 1. The molecule has 0 N–H and O–H groups in total. The summed E-state index contributed by atoms with van der Waals surface area (Å²) in [5.41, 5.74) is 3.26. The number of nitrogens with zero attached hydrogens (tertiary/aromatic N) is 4. The van der Waals surface area contributed by atoms with E-state index in [-0.39, 0.29) is 11.9 Å². The highest BCUT2D eigenvalue weighted by Crippen LogP contribution is 2.26. The molecular formula is C21H26N4O2S. The number of rotatable bonds is 5. The van der Waals surface area contributed by atoms with Gasteiger partial charge in [-0.15, -0.1) is 0 Å². The van der Waals surface area contributed by atoms with Crippen LogP contribution in [-0.2, 0) is 11.3 Å². The lowest BCUT2D eigenvalue weighted by molar-refractivity contribution is -0.128. The molecule has 4 rings (SSSR count). The van der Waals surface area contributed by atoms with Gasteiger partial charge in [0, 0.05) is 38.4 Å². The summed E-state index contributed by atoms with van der Waals surface area (Å²) in [7, 11) is 0. The first kappa shape index (κ1) is 19.1. The van der Waals surface area contributed by atoms with E-state index in [4.69, 9.17) is 0 Å². The SMILES string of the molecule is Cc1ccc(N2C(=O)N(CN3CCN(Cc4ccsc4)CC3)C(=O)C2C)cc1. The van der Waals surface area contributed by atoms with Gasteiger partial charge in [-0.3, -0.25) is 19.5 Å². The zero-order valence-electron chi connectivity index (χ0n) is 16.4. The van der Waals surface area contributed by atoms with Crippen molar-refractivity contribution < 1.29 is 9.59 Å². The van der Waals surface area contributed by atoms with Crippen molar-refractivity contribution in [2.75, 3.05) is 37.7 Å². The molecule has 3 amide bonds. The minimum absolute atomic E-state index is 0.119. The Hall–Kier alpha value is -2.22. The normalized spacial score (nSPS) is 21.7. The molecule has 0 spiro atoms. The summed E-state index contributed by atoms with van der Waals surface area (Å²) in [6.07, 6.45) is 0. The minimum atomic E-state index is -0.463. The first-order valence-corrected chi connectivity index (χ1v) is 10.6. The van der Waals surface area contributed by atoms with Crippen LogP contribution in [0.1, 0.15) is 18.1 Å². The van der Waals surface area contributed by atoms with Crippen molar-refractivity contribution in [3.8, 4) is 0 Å². The van der Waals surface area contributed by atoms with Gasteiger partial charge in [0.1, 0.15) is 6.04 Å². The number of carbonyl (C=O) groups is 2. The van der Waals surface area contributed by atoms with Crippen molar-refractivity contribution in [1.29, 1.82) is 0 Å². The van der Waals surface area contributed by atoms with Gasteiger partial charge in [0.2, 0.25) is 0 Å². The third-order valence-corrected chi connectivity index (χ3v) is 6.28. The Morgan fingerprint density at radius 2 is 1.68 bits per heavy atom. The fourth-order valence-corrected chi connectivity index (χ4v) is 4.49. The average Bonchev–Trinajstić information content (AvgIpc) is 3.27. The van der Waals surface area contributed by atoms with Crippen LogP contribution in [-0.4, -0.2) is 65.5 Å². The van der Waals surface area contributed by atoms with Crippen molar-refractivity contribution in [2.24, 2.45) is 0 Å². The third-order valence-electron chi connectivity index (χ3n) is 5.55. The highest BCUT2D eigenvalue weighted by Gasteiger charge is 2.44. The van der Waals surface area contributed by atoms with Crippen LogP contribution in [0.3, 0.4) is 0 Å². The number of anilines is 1. The minimum Gasteiger partial charge on any atom is -0.297 e. The van der Waals surface area contributed by atoms with E-state index >= 15 is 0 Å². The molecule has 148 valence electrons. The van der Waals surface area contributed by atoms with E-state index in [1.807, 2.05) is 31.2 Å². The molecule has 3 heterocycles. The second-order valence-corrected chi connectivity index (χ2v) is 8.38. The number of hydrogen-bond donors (Lipinski definition) is 0. The Balaban J connectivity index is 1.36. The summed E-state index contributed by atoms with van der Waals surface area (Å²) in [6, 6.07) is 9.23. The molecule has 2 saturated heterocycles. The molecule has 0 radical (unpaired) electrons. The van der Waals surface area contributed by atoms with E-state index in [1.54, 1.807) is 23.2 Å². The predicted molar refractivity (Wildman–Crippen MR) is 111 cm³/mol. The summed E-state index contributed by atoms with van der Waals surface area (Å²) in [5, 5.41) is 4.30. The average molecular weight is 399 g/mol. The Kier molecular flexibility index (Phi) is 5.48. The largest absolute Gasteiger partial charge is 0.333 e. The van der Waals surface area contributed by atoms with Gasteiger partial charge in [-0.2, -0.15) is 11.3 Å². The highest BCUT2D eigenvalue weighted by molar-refractivity contribution is 7.07. The fraction of sp³-hybridized carbons (Fsp3) is 0.429. The standard InChI is InChI=1S/C21H26N4O2S/c1-16-3-5-19(6-4-16)25-17(2)20(26)24(21(25)27)15-23-10-8-22(9-11-23)13-18-7-12-28-14-18/h3-7,12,14,17H,8-11,13,15H2,1-2H3. The molecule has 0 aliphatic carbocycles. The molecule has 28 heavy (non-hydrogen) atoms.